The predicted octanol–water partition coefficient (Wildman–Crippen LogP) is -1.26. The molecule has 2 unspecified atom stereocenters. The number of nitrogens with zero attached hydrogens (tertiary/aromatic N) is 2. The molecule has 132 valence electrons. The van der Waals surface area contributed by atoms with Gasteiger partial charge in [0.05, 0.1) is 25.6 Å². The Morgan fingerprint density at radius 3 is 1.54 bits per heavy atom. The lowest BCUT2D eigenvalue weighted by molar-refractivity contribution is -0.145. The van der Waals surface area contributed by atoms with Gasteiger partial charge in [-0.15, -0.1) is 0 Å². The van der Waals surface area contributed by atoms with Crippen LogP contribution >= 0.6 is 24.4 Å². The Morgan fingerprint density at radius 2 is 1.29 bits per heavy atom. The van der Waals surface area contributed by atoms with Crippen molar-refractivity contribution in [2.45, 2.75) is 12.8 Å². The first-order valence-corrected chi connectivity index (χ1v) is 7.51. The zero-order valence-corrected chi connectivity index (χ0v) is 14.7. The van der Waals surface area contributed by atoms with Crippen LogP contribution in [0.2, 0.25) is 0 Å². The Morgan fingerprint density at radius 1 is 0.958 bits per heavy atom. The number of carbonyl (C=O) groups excluding carboxylic acids is 2. The van der Waals surface area contributed by atoms with Crippen LogP contribution in [0.25, 0.3) is 0 Å². The molecule has 10 nitrogen and oxygen atoms in total. The summed E-state index contributed by atoms with van der Waals surface area (Å²) in [5.74, 6) is -2.59. The summed E-state index contributed by atoms with van der Waals surface area (Å²) in [6, 6.07) is 0. The number of thiocarbonyl (C=S) groups is 2. The molecule has 0 saturated heterocycles. The van der Waals surface area contributed by atoms with Crippen LogP contribution in [0, 0.1) is 11.8 Å². The second-order valence-corrected chi connectivity index (χ2v) is 5.60. The van der Waals surface area contributed by atoms with E-state index in [1.54, 1.807) is 0 Å². The maximum Gasteiger partial charge on any atom is 0.314 e. The molecule has 6 N–H and O–H groups in total. The highest BCUT2D eigenvalue weighted by molar-refractivity contribution is 7.80. The molecule has 1 aliphatic carbocycles. The van der Waals surface area contributed by atoms with Crippen LogP contribution in [-0.4, -0.2) is 47.8 Å². The number of hydrazone groups is 2. The number of nitrogens with two attached hydrogens (primary N) is 2. The van der Waals surface area contributed by atoms with Crippen molar-refractivity contribution in [3.63, 3.8) is 0 Å². The van der Waals surface area contributed by atoms with Crippen LogP contribution in [0.5, 0.6) is 0 Å². The van der Waals surface area contributed by atoms with Gasteiger partial charge in [0, 0.05) is 12.8 Å². The summed E-state index contributed by atoms with van der Waals surface area (Å²) in [5.41, 5.74) is 16.2. The minimum atomic E-state index is -0.760. The fraction of sp³-hybridized carbons (Fsp3) is 0.500. The predicted molar refractivity (Wildman–Crippen MR) is 95.0 cm³/mol. The first kappa shape index (κ1) is 19.7. The summed E-state index contributed by atoms with van der Waals surface area (Å²) < 4.78 is 9.54. The van der Waals surface area contributed by atoms with E-state index in [9.17, 15) is 9.59 Å². The fourth-order valence-electron chi connectivity index (χ4n) is 2.16. The van der Waals surface area contributed by atoms with Gasteiger partial charge in [-0.1, -0.05) is 0 Å². The quantitative estimate of drug-likeness (QED) is 0.266. The first-order valence-electron chi connectivity index (χ1n) is 6.69. The zero-order valence-electron chi connectivity index (χ0n) is 13.1. The third-order valence-corrected chi connectivity index (χ3v) is 3.40. The second kappa shape index (κ2) is 9.08. The SMILES string of the molecule is COC(=O)C1CC(=NNC(N)=S)C(C(=O)OC)CC1=NNC(N)=S. The van der Waals surface area contributed by atoms with Crippen LogP contribution in [0.15, 0.2) is 10.2 Å². The van der Waals surface area contributed by atoms with Gasteiger partial charge in [-0.25, -0.2) is 0 Å². The Bertz CT molecular complexity index is 554. The van der Waals surface area contributed by atoms with E-state index in [-0.39, 0.29) is 23.1 Å². The van der Waals surface area contributed by atoms with Crippen molar-refractivity contribution in [2.75, 3.05) is 14.2 Å². The first-order chi connectivity index (χ1) is 11.3. The van der Waals surface area contributed by atoms with Crippen LogP contribution < -0.4 is 22.3 Å². The highest BCUT2D eigenvalue weighted by Gasteiger charge is 2.40. The molecule has 0 radical (unpaired) electrons. The average molecular weight is 374 g/mol. The van der Waals surface area contributed by atoms with Gasteiger partial charge in [0.1, 0.15) is 11.8 Å². The number of carbonyl (C=O) groups is 2. The summed E-state index contributed by atoms with van der Waals surface area (Å²) >= 11 is 9.37. The molecule has 1 fully saturated rings. The topological polar surface area (TPSA) is 153 Å². The largest absolute Gasteiger partial charge is 0.469 e. The van der Waals surface area contributed by atoms with Crippen LogP contribution in [0.3, 0.4) is 0 Å². The standard InChI is InChI=1S/C12H18N6O4S2/c1-21-9(19)5-3-8(16-18-12(14)24)6(10(20)22-2)4-7(5)15-17-11(13)23/h5-6H,3-4H2,1-2H3,(H3,13,17,23)(H3,14,18,24). The number of hydrogen-bond acceptors (Lipinski definition) is 8. The van der Waals surface area contributed by atoms with Crippen LogP contribution in [-0.2, 0) is 19.1 Å². The lowest BCUT2D eigenvalue weighted by Crippen LogP contribution is -2.43. The van der Waals surface area contributed by atoms with Gasteiger partial charge in [0.2, 0.25) is 0 Å². The normalized spacial score (nSPS) is 23.4. The van der Waals surface area contributed by atoms with Crippen molar-refractivity contribution in [1.29, 1.82) is 0 Å². The van der Waals surface area contributed by atoms with Gasteiger partial charge in [0.15, 0.2) is 10.2 Å². The summed E-state index contributed by atoms with van der Waals surface area (Å²) in [7, 11) is 2.49. The van der Waals surface area contributed by atoms with E-state index in [4.69, 9.17) is 20.9 Å². The molecule has 0 aromatic rings. The molecule has 0 amide bonds. The van der Waals surface area contributed by atoms with Crippen LogP contribution in [0.4, 0.5) is 0 Å². The fourth-order valence-corrected chi connectivity index (χ4v) is 2.25. The minimum absolute atomic E-state index is 0.0693. The molecule has 0 aromatic carbocycles. The molecule has 1 rings (SSSR count). The molecule has 0 spiro atoms. The number of ether oxygens (including phenoxy) is 2. The number of hydrogen-bond donors (Lipinski definition) is 4. The van der Waals surface area contributed by atoms with Gasteiger partial charge in [-0.3, -0.25) is 20.4 Å². The molecule has 1 aliphatic rings. The second-order valence-electron chi connectivity index (χ2n) is 4.72. The molecule has 2 atom stereocenters. The Labute approximate surface area is 149 Å². The smallest absolute Gasteiger partial charge is 0.314 e. The lowest BCUT2D eigenvalue weighted by Gasteiger charge is -2.28. The lowest BCUT2D eigenvalue weighted by atomic mass is 9.79. The molecular formula is C12H18N6O4S2. The summed E-state index contributed by atoms with van der Waals surface area (Å²) in [6.45, 7) is 0. The van der Waals surface area contributed by atoms with E-state index < -0.39 is 23.8 Å². The zero-order chi connectivity index (χ0) is 18.3. The Balaban J connectivity index is 3.19. The molecule has 0 aliphatic heterocycles. The summed E-state index contributed by atoms with van der Waals surface area (Å²) in [5, 5.41) is 7.84. The number of rotatable bonds is 4. The molecule has 24 heavy (non-hydrogen) atoms. The number of nitrogens with one attached hydrogen (secondary N) is 2. The molecular weight excluding hydrogens is 356 g/mol. The molecule has 0 bridgehead atoms. The maximum absolute atomic E-state index is 12.0. The van der Waals surface area contributed by atoms with Gasteiger partial charge >= 0.3 is 11.9 Å². The van der Waals surface area contributed by atoms with E-state index in [2.05, 4.69) is 45.5 Å². The number of esters is 2. The van der Waals surface area contributed by atoms with E-state index in [1.165, 1.54) is 14.2 Å². The van der Waals surface area contributed by atoms with E-state index in [1.807, 2.05) is 0 Å². The van der Waals surface area contributed by atoms with Gasteiger partial charge in [-0.2, -0.15) is 10.2 Å². The van der Waals surface area contributed by atoms with Crippen molar-refractivity contribution < 1.29 is 19.1 Å². The molecule has 0 aromatic heterocycles. The third-order valence-electron chi connectivity index (χ3n) is 3.22. The van der Waals surface area contributed by atoms with E-state index in [0.717, 1.165) is 0 Å². The van der Waals surface area contributed by atoms with Gasteiger partial charge in [-0.05, 0) is 24.4 Å². The van der Waals surface area contributed by atoms with Crippen molar-refractivity contribution in [2.24, 2.45) is 33.5 Å². The minimum Gasteiger partial charge on any atom is -0.469 e. The maximum atomic E-state index is 12.0. The van der Waals surface area contributed by atoms with Gasteiger partial charge < -0.3 is 20.9 Å². The Hall–Kier alpha value is -2.34. The van der Waals surface area contributed by atoms with Crippen molar-refractivity contribution in [3.05, 3.63) is 0 Å². The average Bonchev–Trinajstić information content (AvgIpc) is 2.56. The summed E-state index contributed by atoms with van der Waals surface area (Å²) in [6.07, 6.45) is 0.139. The van der Waals surface area contributed by atoms with E-state index >= 15 is 0 Å². The summed E-state index contributed by atoms with van der Waals surface area (Å²) in [4.78, 5) is 24.0. The molecule has 1 saturated carbocycles. The van der Waals surface area contributed by atoms with E-state index in [0.29, 0.717) is 11.4 Å². The third kappa shape index (κ3) is 5.38. The van der Waals surface area contributed by atoms with Crippen molar-refractivity contribution in [1.82, 2.24) is 10.9 Å². The Kier molecular flexibility index (Phi) is 7.45. The van der Waals surface area contributed by atoms with Crippen LogP contribution in [0.1, 0.15) is 12.8 Å². The van der Waals surface area contributed by atoms with Crippen molar-refractivity contribution >= 4 is 58.0 Å². The molecule has 0 heterocycles. The molecule has 12 heteroatoms. The highest BCUT2D eigenvalue weighted by atomic mass is 32.1. The highest BCUT2D eigenvalue weighted by Crippen LogP contribution is 2.27. The number of methoxy groups -OCH3 is 2. The monoisotopic (exact) mass is 374 g/mol. The van der Waals surface area contributed by atoms with Crippen molar-refractivity contribution in [3.8, 4) is 0 Å². The van der Waals surface area contributed by atoms with Gasteiger partial charge in [0.25, 0.3) is 0 Å².